The van der Waals surface area contributed by atoms with Gasteiger partial charge in [0, 0.05) is 24.2 Å². The number of para-hydroxylation sites is 1. The molecule has 1 fully saturated rings. The molecule has 0 aliphatic carbocycles. The van der Waals surface area contributed by atoms with E-state index >= 15 is 0 Å². The van der Waals surface area contributed by atoms with Crippen molar-refractivity contribution in [2.24, 2.45) is 0 Å². The van der Waals surface area contributed by atoms with Gasteiger partial charge in [0.2, 0.25) is 10.0 Å². The van der Waals surface area contributed by atoms with E-state index in [0.717, 1.165) is 5.39 Å². The molecule has 1 saturated heterocycles. The summed E-state index contributed by atoms with van der Waals surface area (Å²) in [5.74, 6) is -0.148. The second-order valence-corrected chi connectivity index (χ2v) is 10.3. The fourth-order valence-corrected chi connectivity index (χ4v) is 6.92. The average Bonchev–Trinajstić information content (AvgIpc) is 2.80. The molecule has 1 atom stereocenters. The van der Waals surface area contributed by atoms with E-state index < -0.39 is 25.4 Å². The predicted octanol–water partition coefficient (Wildman–Crippen LogP) is 1.43. The van der Waals surface area contributed by atoms with Gasteiger partial charge in [-0.1, -0.05) is 18.2 Å². The zero-order valence-electron chi connectivity index (χ0n) is 12.9. The smallest absolute Gasteiger partial charge is 0.245 e. The van der Waals surface area contributed by atoms with Gasteiger partial charge in [0.05, 0.1) is 17.0 Å². The predicted molar refractivity (Wildman–Crippen MR) is 88.4 cm³/mol. The number of sulfone groups is 1. The van der Waals surface area contributed by atoms with Gasteiger partial charge in [-0.05, 0) is 25.5 Å². The number of benzene rings is 1. The first-order chi connectivity index (χ1) is 10.7. The number of hydrogen-bond acceptors (Lipinski definition) is 5. The lowest BCUT2D eigenvalue weighted by molar-refractivity contribution is 0.273. The van der Waals surface area contributed by atoms with Crippen molar-refractivity contribution in [3.8, 4) is 0 Å². The maximum atomic E-state index is 13.0. The van der Waals surface area contributed by atoms with Crippen LogP contribution < -0.4 is 0 Å². The topological polar surface area (TPSA) is 84.4 Å². The monoisotopic (exact) mass is 354 g/mol. The molecular formula is C15H18N2O4S2. The zero-order chi connectivity index (χ0) is 16.9. The van der Waals surface area contributed by atoms with E-state index in [1.54, 1.807) is 37.4 Å². The first kappa shape index (κ1) is 16.4. The Hall–Kier alpha value is -1.51. The molecule has 0 bridgehead atoms. The van der Waals surface area contributed by atoms with Crippen LogP contribution in [0.2, 0.25) is 0 Å². The van der Waals surface area contributed by atoms with Crippen LogP contribution in [0.25, 0.3) is 10.9 Å². The Labute approximate surface area is 136 Å². The Morgan fingerprint density at radius 2 is 1.91 bits per heavy atom. The summed E-state index contributed by atoms with van der Waals surface area (Å²) < 4.78 is 50.9. The standard InChI is InChI=1S/C15H18N2O4S2/c1-15(8-10-22(18,19)11-15)17(2)23(20,21)13-7-3-5-12-6-4-9-16-14(12)13/h3-7,9H,8,10-11H2,1-2H3/t15-/m0/s1. The summed E-state index contributed by atoms with van der Waals surface area (Å²) in [6, 6.07) is 8.51. The molecule has 1 aliphatic heterocycles. The first-order valence-electron chi connectivity index (χ1n) is 7.19. The van der Waals surface area contributed by atoms with Crippen molar-refractivity contribution in [1.82, 2.24) is 9.29 Å². The number of nitrogens with zero attached hydrogens (tertiary/aromatic N) is 2. The lowest BCUT2D eigenvalue weighted by Gasteiger charge is -2.33. The van der Waals surface area contributed by atoms with E-state index in [2.05, 4.69) is 4.98 Å². The number of rotatable bonds is 3. The summed E-state index contributed by atoms with van der Waals surface area (Å²) in [5, 5.41) is 0.728. The minimum Gasteiger partial charge on any atom is -0.255 e. The van der Waals surface area contributed by atoms with E-state index in [1.165, 1.54) is 17.4 Å². The van der Waals surface area contributed by atoms with Crippen LogP contribution in [-0.2, 0) is 19.9 Å². The van der Waals surface area contributed by atoms with E-state index in [1.807, 2.05) is 0 Å². The molecule has 0 spiro atoms. The third-order valence-electron chi connectivity index (χ3n) is 4.48. The number of aromatic nitrogens is 1. The van der Waals surface area contributed by atoms with Gasteiger partial charge in [-0.25, -0.2) is 16.8 Å². The summed E-state index contributed by atoms with van der Waals surface area (Å²) in [6.45, 7) is 1.67. The van der Waals surface area contributed by atoms with Gasteiger partial charge in [-0.15, -0.1) is 0 Å². The van der Waals surface area contributed by atoms with Gasteiger partial charge in [0.25, 0.3) is 0 Å². The maximum Gasteiger partial charge on any atom is 0.245 e. The molecule has 23 heavy (non-hydrogen) atoms. The summed E-state index contributed by atoms with van der Waals surface area (Å²) >= 11 is 0. The Kier molecular flexibility index (Phi) is 3.74. The SMILES string of the molecule is CN([C@@]1(C)CCS(=O)(=O)C1)S(=O)(=O)c1cccc2cccnc12. The molecule has 0 saturated carbocycles. The van der Waals surface area contributed by atoms with Crippen molar-refractivity contribution in [2.75, 3.05) is 18.6 Å². The fraction of sp³-hybridized carbons (Fsp3) is 0.400. The van der Waals surface area contributed by atoms with Crippen LogP contribution in [0, 0.1) is 0 Å². The fourth-order valence-electron chi connectivity index (χ4n) is 2.96. The molecule has 0 unspecified atom stereocenters. The Morgan fingerprint density at radius 3 is 2.57 bits per heavy atom. The van der Waals surface area contributed by atoms with E-state index in [0.29, 0.717) is 11.9 Å². The molecule has 3 rings (SSSR count). The van der Waals surface area contributed by atoms with E-state index in [4.69, 9.17) is 0 Å². The van der Waals surface area contributed by atoms with Gasteiger partial charge in [0.15, 0.2) is 9.84 Å². The maximum absolute atomic E-state index is 13.0. The Balaban J connectivity index is 2.11. The third-order valence-corrected chi connectivity index (χ3v) is 8.41. The molecule has 6 nitrogen and oxygen atoms in total. The minimum absolute atomic E-state index is 0.0111. The Morgan fingerprint density at radius 1 is 1.22 bits per heavy atom. The minimum atomic E-state index is -3.85. The highest BCUT2D eigenvalue weighted by Gasteiger charge is 2.46. The van der Waals surface area contributed by atoms with Gasteiger partial charge < -0.3 is 0 Å². The van der Waals surface area contributed by atoms with Gasteiger partial charge in [0.1, 0.15) is 4.90 Å². The van der Waals surface area contributed by atoms with Crippen LogP contribution in [0.4, 0.5) is 0 Å². The molecule has 1 aliphatic rings. The second-order valence-electron chi connectivity index (χ2n) is 6.14. The summed E-state index contributed by atoms with van der Waals surface area (Å²) in [4.78, 5) is 4.28. The van der Waals surface area contributed by atoms with Gasteiger partial charge in [-0.2, -0.15) is 4.31 Å². The number of pyridine rings is 1. The first-order valence-corrected chi connectivity index (χ1v) is 10.5. The van der Waals surface area contributed by atoms with Crippen LogP contribution in [0.1, 0.15) is 13.3 Å². The normalized spacial score (nSPS) is 24.3. The molecule has 2 heterocycles. The van der Waals surface area contributed by atoms with Crippen molar-refractivity contribution in [3.05, 3.63) is 36.5 Å². The van der Waals surface area contributed by atoms with Crippen molar-refractivity contribution in [2.45, 2.75) is 23.8 Å². The molecule has 1 aromatic heterocycles. The Bertz CT molecular complexity index is 965. The molecule has 0 N–H and O–H groups in total. The summed E-state index contributed by atoms with van der Waals surface area (Å²) in [7, 11) is -5.61. The van der Waals surface area contributed by atoms with E-state index in [-0.39, 0.29) is 16.4 Å². The van der Waals surface area contributed by atoms with Crippen molar-refractivity contribution in [3.63, 3.8) is 0 Å². The number of sulfonamides is 1. The third kappa shape index (κ3) is 2.75. The summed E-state index contributed by atoms with van der Waals surface area (Å²) in [5.41, 5.74) is -0.541. The summed E-state index contributed by atoms with van der Waals surface area (Å²) in [6.07, 6.45) is 1.84. The zero-order valence-corrected chi connectivity index (χ0v) is 14.6. The van der Waals surface area contributed by atoms with Crippen LogP contribution in [0.3, 0.4) is 0 Å². The molecule has 1 aromatic carbocycles. The molecule has 0 radical (unpaired) electrons. The lowest BCUT2D eigenvalue weighted by Crippen LogP contribution is -2.48. The van der Waals surface area contributed by atoms with Crippen molar-refractivity contribution in [1.29, 1.82) is 0 Å². The highest BCUT2D eigenvalue weighted by Crippen LogP contribution is 2.34. The number of hydrogen-bond donors (Lipinski definition) is 0. The van der Waals surface area contributed by atoms with Crippen LogP contribution >= 0.6 is 0 Å². The van der Waals surface area contributed by atoms with Gasteiger partial charge >= 0.3 is 0 Å². The molecular weight excluding hydrogens is 336 g/mol. The lowest BCUT2D eigenvalue weighted by atomic mass is 10.0. The van der Waals surface area contributed by atoms with Crippen LogP contribution in [-0.4, -0.2) is 50.2 Å². The quantitative estimate of drug-likeness (QED) is 0.832. The average molecular weight is 354 g/mol. The number of fused-ring (bicyclic) bond motifs is 1. The van der Waals surface area contributed by atoms with Crippen molar-refractivity contribution < 1.29 is 16.8 Å². The molecule has 0 amide bonds. The van der Waals surface area contributed by atoms with Gasteiger partial charge in [-0.3, -0.25) is 4.98 Å². The highest BCUT2D eigenvalue weighted by atomic mass is 32.2. The highest BCUT2D eigenvalue weighted by molar-refractivity contribution is 7.92. The second kappa shape index (κ2) is 5.25. The molecule has 124 valence electrons. The molecule has 2 aromatic rings. The van der Waals surface area contributed by atoms with Crippen molar-refractivity contribution >= 4 is 30.8 Å². The van der Waals surface area contributed by atoms with Crippen LogP contribution in [0.5, 0.6) is 0 Å². The largest absolute Gasteiger partial charge is 0.255 e. The van der Waals surface area contributed by atoms with Crippen LogP contribution in [0.15, 0.2) is 41.4 Å². The molecule has 8 heteroatoms. The van der Waals surface area contributed by atoms with E-state index in [9.17, 15) is 16.8 Å².